The molecule has 0 spiro atoms. The summed E-state index contributed by atoms with van der Waals surface area (Å²) < 4.78 is 39.3. The molecule has 222 valence electrons. The first-order chi connectivity index (χ1) is 17.6. The van der Waals surface area contributed by atoms with Crippen LogP contribution in [0.3, 0.4) is 0 Å². The van der Waals surface area contributed by atoms with Crippen LogP contribution in [0.15, 0.2) is 35.2 Å². The molecule has 0 heterocycles. The van der Waals surface area contributed by atoms with Crippen molar-refractivity contribution in [3.05, 3.63) is 30.3 Å². The van der Waals surface area contributed by atoms with Gasteiger partial charge in [-0.25, -0.2) is 8.42 Å². The summed E-state index contributed by atoms with van der Waals surface area (Å²) >= 11 is 0. The quantitative estimate of drug-likeness (QED) is 0.101. The molecule has 3 atom stereocenters. The zero-order chi connectivity index (χ0) is 30.3. The average Bonchev–Trinajstić information content (AvgIpc) is 2.79. The standard InChI is InChI=1S/C31H54O5SSi2/c1-25(21-22-27(32)18-16-17-23-35-38(9,10)30(3,4)5)29(36-39(11,12)31(6,7)8)26(2)24-37(33,34)28-19-14-13-15-20-28/h13-15,19-20,25-26,29H,17,21-24H2,1-12H3/t25-,26+,29+/m1/s1. The summed E-state index contributed by atoms with van der Waals surface area (Å²) in [5.74, 6) is 5.46. The molecule has 0 fully saturated rings. The summed E-state index contributed by atoms with van der Waals surface area (Å²) in [4.78, 5) is 12.9. The van der Waals surface area contributed by atoms with E-state index in [-0.39, 0.29) is 39.6 Å². The number of rotatable bonds is 13. The number of hydrogen-bond donors (Lipinski definition) is 0. The average molecular weight is 595 g/mol. The lowest BCUT2D eigenvalue weighted by Crippen LogP contribution is -2.48. The van der Waals surface area contributed by atoms with E-state index >= 15 is 0 Å². The van der Waals surface area contributed by atoms with E-state index in [1.165, 1.54) is 0 Å². The maximum Gasteiger partial charge on any atom is 0.205 e. The predicted octanol–water partition coefficient (Wildman–Crippen LogP) is 7.89. The Bertz CT molecular complexity index is 1090. The van der Waals surface area contributed by atoms with Crippen LogP contribution in [0.5, 0.6) is 0 Å². The van der Waals surface area contributed by atoms with Gasteiger partial charge in [-0.15, -0.1) is 0 Å². The number of carbonyl (C=O) groups is 1. The number of carbonyl (C=O) groups excluding carboxylic acids is 1. The van der Waals surface area contributed by atoms with Crippen molar-refractivity contribution < 1.29 is 22.1 Å². The molecule has 5 nitrogen and oxygen atoms in total. The molecular formula is C31H54O5SSi2. The highest BCUT2D eigenvalue weighted by Crippen LogP contribution is 2.40. The third-order valence-electron chi connectivity index (χ3n) is 8.49. The fourth-order valence-electron chi connectivity index (χ4n) is 3.80. The molecule has 0 aliphatic heterocycles. The molecule has 0 unspecified atom stereocenters. The first-order valence-electron chi connectivity index (χ1n) is 14.2. The van der Waals surface area contributed by atoms with Crippen LogP contribution in [-0.2, 0) is 23.5 Å². The molecule has 0 saturated heterocycles. The molecule has 8 heteroatoms. The summed E-state index contributed by atoms with van der Waals surface area (Å²) in [5, 5.41) is 0.129. The Balaban J connectivity index is 2.90. The number of ketones is 1. The van der Waals surface area contributed by atoms with Gasteiger partial charge in [-0.1, -0.05) is 79.5 Å². The van der Waals surface area contributed by atoms with Gasteiger partial charge in [0.25, 0.3) is 0 Å². The van der Waals surface area contributed by atoms with Crippen molar-refractivity contribution in [2.24, 2.45) is 11.8 Å². The van der Waals surface area contributed by atoms with Crippen molar-refractivity contribution in [3.63, 3.8) is 0 Å². The molecular weight excluding hydrogens is 541 g/mol. The van der Waals surface area contributed by atoms with Gasteiger partial charge in [0.05, 0.1) is 16.8 Å². The molecule has 0 aliphatic carbocycles. The Hall–Kier alpha value is -1.25. The maximum absolute atomic E-state index is 13.2. The van der Waals surface area contributed by atoms with Crippen LogP contribution in [0.1, 0.15) is 74.7 Å². The lowest BCUT2D eigenvalue weighted by molar-refractivity contribution is -0.114. The van der Waals surface area contributed by atoms with Gasteiger partial charge in [0, 0.05) is 19.4 Å². The van der Waals surface area contributed by atoms with Gasteiger partial charge in [0.1, 0.15) is 0 Å². The maximum atomic E-state index is 13.2. The molecule has 0 saturated carbocycles. The van der Waals surface area contributed by atoms with Crippen molar-refractivity contribution in [2.45, 2.75) is 122 Å². The number of Topliss-reactive ketones (excluding diaryl/α,β-unsaturated/α-hetero) is 1. The molecule has 1 rings (SSSR count). The fraction of sp³-hybridized carbons (Fsp3) is 0.710. The fourth-order valence-corrected chi connectivity index (χ4v) is 7.99. The van der Waals surface area contributed by atoms with Crippen molar-refractivity contribution in [3.8, 4) is 11.8 Å². The van der Waals surface area contributed by atoms with E-state index in [0.717, 1.165) is 0 Å². The van der Waals surface area contributed by atoms with E-state index < -0.39 is 26.5 Å². The van der Waals surface area contributed by atoms with Crippen LogP contribution in [-0.4, -0.2) is 49.3 Å². The van der Waals surface area contributed by atoms with Crippen LogP contribution in [0.25, 0.3) is 0 Å². The number of benzene rings is 1. The van der Waals surface area contributed by atoms with E-state index in [1.807, 2.05) is 13.0 Å². The minimum absolute atomic E-state index is 0.00260. The molecule has 0 aliphatic rings. The van der Waals surface area contributed by atoms with Crippen LogP contribution >= 0.6 is 0 Å². The second kappa shape index (κ2) is 14.1. The molecule has 0 aromatic heterocycles. The van der Waals surface area contributed by atoms with E-state index in [2.05, 4.69) is 86.5 Å². The smallest absolute Gasteiger partial charge is 0.205 e. The highest BCUT2D eigenvalue weighted by Gasteiger charge is 2.42. The van der Waals surface area contributed by atoms with E-state index in [4.69, 9.17) is 8.85 Å². The van der Waals surface area contributed by atoms with Crippen molar-refractivity contribution in [1.82, 2.24) is 0 Å². The van der Waals surface area contributed by atoms with Crippen LogP contribution < -0.4 is 0 Å². The molecule has 0 N–H and O–H groups in total. The first kappa shape index (κ1) is 35.8. The molecule has 0 amide bonds. The van der Waals surface area contributed by atoms with Crippen molar-refractivity contribution >= 4 is 32.3 Å². The Morgan fingerprint density at radius 1 is 0.897 bits per heavy atom. The molecule has 39 heavy (non-hydrogen) atoms. The van der Waals surface area contributed by atoms with Gasteiger partial charge >= 0.3 is 0 Å². The Morgan fingerprint density at radius 3 is 1.95 bits per heavy atom. The Labute approximate surface area is 242 Å². The lowest BCUT2D eigenvalue weighted by atomic mass is 9.90. The van der Waals surface area contributed by atoms with Crippen LogP contribution in [0.4, 0.5) is 0 Å². The SMILES string of the molecule is C[C@H](CCC(=O)C#CCCO[Si](C)(C)C(C)(C)C)[C@H](O[Si](C)(C)C(C)(C)C)[C@@H](C)CS(=O)(=O)c1ccccc1. The molecule has 0 bridgehead atoms. The summed E-state index contributed by atoms with van der Waals surface area (Å²) in [6.07, 6.45) is 1.19. The van der Waals surface area contributed by atoms with Crippen LogP contribution in [0, 0.1) is 23.7 Å². The topological polar surface area (TPSA) is 69.7 Å². The monoisotopic (exact) mass is 594 g/mol. The van der Waals surface area contributed by atoms with Gasteiger partial charge < -0.3 is 8.85 Å². The third kappa shape index (κ3) is 11.3. The van der Waals surface area contributed by atoms with Crippen molar-refractivity contribution in [2.75, 3.05) is 12.4 Å². The lowest BCUT2D eigenvalue weighted by Gasteiger charge is -2.43. The number of hydrogen-bond acceptors (Lipinski definition) is 5. The van der Waals surface area contributed by atoms with Gasteiger partial charge in [-0.2, -0.15) is 0 Å². The highest BCUT2D eigenvalue weighted by molar-refractivity contribution is 7.91. The Kier molecular flexibility index (Phi) is 12.9. The third-order valence-corrected chi connectivity index (χ3v) is 19.5. The minimum atomic E-state index is -3.46. The van der Waals surface area contributed by atoms with Gasteiger partial charge in [-0.3, -0.25) is 4.79 Å². The highest BCUT2D eigenvalue weighted by atomic mass is 32.2. The van der Waals surface area contributed by atoms with E-state index in [1.54, 1.807) is 24.3 Å². The zero-order valence-electron chi connectivity index (χ0n) is 26.6. The summed E-state index contributed by atoms with van der Waals surface area (Å²) in [5.41, 5.74) is 0. The van der Waals surface area contributed by atoms with E-state index in [9.17, 15) is 13.2 Å². The summed E-state index contributed by atoms with van der Waals surface area (Å²) in [7, 11) is -7.46. The largest absolute Gasteiger partial charge is 0.416 e. The molecule has 1 aromatic rings. The van der Waals surface area contributed by atoms with Gasteiger partial charge in [0.2, 0.25) is 5.78 Å². The second-order valence-electron chi connectivity index (χ2n) is 14.0. The van der Waals surface area contributed by atoms with Crippen molar-refractivity contribution in [1.29, 1.82) is 0 Å². The zero-order valence-corrected chi connectivity index (χ0v) is 29.4. The Morgan fingerprint density at radius 2 is 1.44 bits per heavy atom. The summed E-state index contributed by atoms with van der Waals surface area (Å²) in [6, 6.07) is 8.59. The van der Waals surface area contributed by atoms with Crippen LogP contribution in [0.2, 0.25) is 36.3 Å². The molecule has 1 aromatic carbocycles. The second-order valence-corrected chi connectivity index (χ2v) is 25.6. The van der Waals surface area contributed by atoms with Gasteiger partial charge in [0.15, 0.2) is 26.5 Å². The number of sulfone groups is 1. The van der Waals surface area contributed by atoms with Gasteiger partial charge in [-0.05, 0) is 72.6 Å². The first-order valence-corrected chi connectivity index (χ1v) is 21.7. The predicted molar refractivity (Wildman–Crippen MR) is 169 cm³/mol. The minimum Gasteiger partial charge on any atom is -0.416 e. The normalized spacial score (nSPS) is 15.7. The van der Waals surface area contributed by atoms with E-state index in [0.29, 0.717) is 30.8 Å². The molecule has 0 radical (unpaired) electrons. The summed E-state index contributed by atoms with van der Waals surface area (Å²) in [6.45, 7) is 26.5.